The number of halogens is 10. The van der Waals surface area contributed by atoms with Gasteiger partial charge in [-0.3, -0.25) is 29.2 Å². The van der Waals surface area contributed by atoms with E-state index in [1.165, 1.54) is 81.4 Å². The number of esters is 1. The predicted molar refractivity (Wildman–Crippen MR) is 467 cm³/mol. The second kappa shape index (κ2) is 42.2. The fourth-order valence-electron chi connectivity index (χ4n) is 14.0. The van der Waals surface area contributed by atoms with Crippen LogP contribution in [0.2, 0.25) is 0 Å². The Morgan fingerprint density at radius 2 is 0.720 bits per heavy atom. The number of benzene rings is 9. The van der Waals surface area contributed by atoms with Crippen LogP contribution in [-0.2, 0) is 55.9 Å². The maximum Gasteiger partial charge on any atom is 0.327 e. The zero-order chi connectivity index (χ0) is 91.5. The quantitative estimate of drug-likeness (QED) is 0.0305. The van der Waals surface area contributed by atoms with E-state index in [1.807, 2.05) is 163 Å². The van der Waals surface area contributed by atoms with Gasteiger partial charge in [0.05, 0.1) is 56.4 Å². The number of hydrogen-bond acceptors (Lipinski definition) is 13. The Morgan fingerprint density at radius 3 is 0.976 bits per heavy atom. The van der Waals surface area contributed by atoms with Crippen molar-refractivity contribution in [1.82, 2.24) is 23.5 Å². The first-order chi connectivity index (χ1) is 58.2. The van der Waals surface area contributed by atoms with Gasteiger partial charge in [0.25, 0.3) is 5.91 Å². The van der Waals surface area contributed by atoms with Gasteiger partial charge >= 0.3 is 5.97 Å². The zero-order valence-electron chi connectivity index (χ0n) is 72.0. The second-order valence-electron chi connectivity index (χ2n) is 33.4. The van der Waals surface area contributed by atoms with Crippen LogP contribution in [0.5, 0.6) is 0 Å². The monoisotopic (exact) mass is 1790 g/mol. The Hall–Kier alpha value is -10.5. The molecule has 32 heteroatoms. The highest BCUT2D eigenvalue weighted by Crippen LogP contribution is 2.45. The molecule has 19 nitrogen and oxygen atoms in total. The number of rotatable bonds is 16. The third kappa shape index (κ3) is 24.8. The summed E-state index contributed by atoms with van der Waals surface area (Å²) in [6.07, 6.45) is 0. The fraction of sp³-hybridized carbons (Fsp3) is 0.355. The first kappa shape index (κ1) is 100.0. The maximum absolute atomic E-state index is 15.1. The van der Waals surface area contributed by atoms with Gasteiger partial charge in [-0.1, -0.05) is 121 Å². The summed E-state index contributed by atoms with van der Waals surface area (Å²) < 4.78 is 197. The van der Waals surface area contributed by atoms with Gasteiger partial charge in [-0.15, -0.1) is 0 Å². The Labute approximate surface area is 728 Å². The van der Waals surface area contributed by atoms with Gasteiger partial charge in [0, 0.05) is 101 Å². The number of amides is 3. The maximum atomic E-state index is 15.1. The molecule has 5 aliphatic rings. The molecule has 9 aromatic carbocycles. The number of ether oxygens (including phenoxy) is 1. The molecule has 670 valence electrons. The molecule has 0 aliphatic carbocycles. The molecule has 8 N–H and O–H groups in total. The minimum Gasteiger partial charge on any atom is -0.465 e. The molecule has 14 rings (SSSR count). The second-order valence-corrected chi connectivity index (χ2v) is 40.4. The number of sulfonamides is 1. The molecule has 0 saturated carbocycles. The Kier molecular flexibility index (Phi) is 33.8. The third-order valence-electron chi connectivity index (χ3n) is 20.4. The molecule has 4 unspecified atom stereocenters. The summed E-state index contributed by atoms with van der Waals surface area (Å²) in [4.78, 5) is 56.6. The highest BCUT2D eigenvalue weighted by Gasteiger charge is 2.52. The van der Waals surface area contributed by atoms with E-state index < -0.39 is 165 Å². The van der Waals surface area contributed by atoms with Gasteiger partial charge in [-0.05, 0) is 192 Å². The molecule has 5 saturated heterocycles. The van der Waals surface area contributed by atoms with E-state index in [-0.39, 0.29) is 70.7 Å². The van der Waals surface area contributed by atoms with E-state index in [9.17, 15) is 71.1 Å². The summed E-state index contributed by atoms with van der Waals surface area (Å²) >= 11 is 0. The fourth-order valence-corrected chi connectivity index (χ4v) is 18.0. The SMILES string of the molecule is CCOC(=O)CN=C(c1ccccc1)c1ccccc1.Cc1cc(F)c([C@@H]2CN(S(=O)(=O)C(C)(C)C)C(=O)[C@H]2N=C(c2ccccc2)c2ccccc2)c(F)c1.Cc1cc(F)c([C@@H]2CNC(=O)[C@H]2N)c(F)c1.Cc1cc(F)c([C@@H]2CNC(=O)[C@H]2N)c(F)c1.Cc1cc(F)c([C@H]2CN2S(=O)C(C)(C)C)c(F)c1.Cc1cc(F)c([C@H]2CN2S(=O)C(C)(C)C)c(F)c1.O. The van der Waals surface area contributed by atoms with Gasteiger partial charge in [0.2, 0.25) is 21.8 Å². The lowest BCUT2D eigenvalue weighted by Crippen LogP contribution is -2.44. The molecule has 5 fully saturated rings. The lowest BCUT2D eigenvalue weighted by Gasteiger charge is -2.26. The molecule has 5 heterocycles. The molecule has 5 aliphatic heterocycles. The third-order valence-corrected chi connectivity index (χ3v) is 26.6. The lowest BCUT2D eigenvalue weighted by molar-refractivity contribution is -0.141. The highest BCUT2D eigenvalue weighted by atomic mass is 32.2. The summed E-state index contributed by atoms with van der Waals surface area (Å²) in [5.74, 6) is -10.7. The van der Waals surface area contributed by atoms with Crippen LogP contribution in [-0.4, -0.2) is 149 Å². The molecular formula is C93H105F10N9O10S3. The Morgan fingerprint density at radius 1 is 0.448 bits per heavy atom. The lowest BCUT2D eigenvalue weighted by atomic mass is 9.91. The van der Waals surface area contributed by atoms with Crippen molar-refractivity contribution < 1.29 is 90.1 Å². The minimum atomic E-state index is -4.13. The molecule has 0 spiro atoms. The van der Waals surface area contributed by atoms with E-state index >= 15 is 8.78 Å². The number of nitrogens with zero attached hydrogens (tertiary/aromatic N) is 5. The van der Waals surface area contributed by atoms with Crippen LogP contribution in [0.25, 0.3) is 0 Å². The van der Waals surface area contributed by atoms with Crippen LogP contribution < -0.4 is 22.1 Å². The molecular weight excluding hydrogens is 1690 g/mol. The van der Waals surface area contributed by atoms with Crippen molar-refractivity contribution in [1.29, 1.82) is 0 Å². The van der Waals surface area contributed by atoms with Crippen LogP contribution in [0.4, 0.5) is 43.9 Å². The predicted octanol–water partition coefficient (Wildman–Crippen LogP) is 15.3. The summed E-state index contributed by atoms with van der Waals surface area (Å²) in [5, 5.41) is 4.98. The Bertz CT molecular complexity index is 5240. The molecule has 0 radical (unpaired) electrons. The van der Waals surface area contributed by atoms with Gasteiger partial charge < -0.3 is 32.3 Å². The average molecular weight is 1800 g/mol. The molecule has 0 aromatic heterocycles. The number of aliphatic imine (C=N–C) groups is 2. The Balaban J connectivity index is 0.000000191. The molecule has 125 heavy (non-hydrogen) atoms. The van der Waals surface area contributed by atoms with Crippen molar-refractivity contribution >= 4 is 67.1 Å². The summed E-state index contributed by atoms with van der Waals surface area (Å²) in [7, 11) is -6.59. The minimum absolute atomic E-state index is 0. The smallest absolute Gasteiger partial charge is 0.327 e. The van der Waals surface area contributed by atoms with E-state index in [4.69, 9.17) is 21.2 Å². The van der Waals surface area contributed by atoms with E-state index in [2.05, 4.69) is 15.6 Å². The van der Waals surface area contributed by atoms with Crippen molar-refractivity contribution in [2.24, 2.45) is 21.5 Å². The number of hydrogen-bond donors (Lipinski definition) is 4. The van der Waals surface area contributed by atoms with E-state index in [1.54, 1.807) is 50.2 Å². The van der Waals surface area contributed by atoms with Gasteiger partial charge in [0.1, 0.15) is 92.7 Å². The number of carbonyl (C=O) groups excluding carboxylic acids is 4. The number of nitrogens with two attached hydrogens (primary N) is 2. The van der Waals surface area contributed by atoms with Gasteiger partial charge in [-0.2, -0.15) is 0 Å². The van der Waals surface area contributed by atoms with Crippen LogP contribution >= 0.6 is 0 Å². The standard InChI is InChI=1S/C28H28F2N2O3S.C17H17NO2.2C13H17F2NOS.2C11H12F2N2O.H2O/c1-18-15-22(29)24(23(30)16-18)21-17-32(36(34,35)28(2,3)4)27(33)26(21)31-25(19-11-7-5-8-12-19)20-13-9-6-10-14-20;1-2-20-16(19)13-18-17(14-9-5-3-6-10-14)15-11-7-4-8-12-15;2*1-8-5-9(14)12(10(15)6-8)11-7-16(11)18(17)13(2,3)4;2*1-5-2-7(12)9(8(13)3-5)6-4-15-11(16)10(6)14;/h5-16,21,26H,17H2,1-4H3;3-12H,2,13H2,1H3;2*5-6,11H,7H2,1-4H3;2*2-3,6,10H,4,14H2,1H3,(H,15,16);1H2/t21-,26-;;2*11-,16?,18?;2*6-,10-;/m0.1100./s1. The molecule has 0 bridgehead atoms. The van der Waals surface area contributed by atoms with Crippen molar-refractivity contribution in [3.63, 3.8) is 0 Å². The molecule has 9 aromatic rings. The van der Waals surface area contributed by atoms with Crippen LogP contribution in [0.15, 0.2) is 192 Å². The van der Waals surface area contributed by atoms with Gasteiger partial charge in [0.15, 0.2) is 0 Å². The number of carbonyl (C=O) groups is 4. The van der Waals surface area contributed by atoms with Gasteiger partial charge in [-0.25, -0.2) is 73.7 Å². The summed E-state index contributed by atoms with van der Waals surface area (Å²) in [6.45, 7) is 26.6. The summed E-state index contributed by atoms with van der Waals surface area (Å²) in [6, 6.07) is 46.6. The number of nitrogens with one attached hydrogen (secondary N) is 2. The largest absolute Gasteiger partial charge is 0.465 e. The highest BCUT2D eigenvalue weighted by molar-refractivity contribution is 7.91. The first-order valence-corrected chi connectivity index (χ1v) is 43.6. The van der Waals surface area contributed by atoms with E-state index in [0.29, 0.717) is 64.4 Å². The van der Waals surface area contributed by atoms with Crippen LogP contribution in [0.1, 0.15) is 177 Å². The normalized spacial score (nSPS) is 20.4. The summed E-state index contributed by atoms with van der Waals surface area (Å²) in [5.41, 5.74) is 17.8. The van der Waals surface area contributed by atoms with Crippen LogP contribution in [0.3, 0.4) is 0 Å². The first-order valence-electron chi connectivity index (χ1n) is 39.9. The van der Waals surface area contributed by atoms with E-state index in [0.717, 1.165) is 21.1 Å². The average Bonchev–Trinajstić information content (AvgIpc) is 1.59. The van der Waals surface area contributed by atoms with Crippen molar-refractivity contribution in [3.8, 4) is 0 Å². The van der Waals surface area contributed by atoms with Crippen molar-refractivity contribution in [2.75, 3.05) is 45.9 Å². The van der Waals surface area contributed by atoms with Crippen molar-refractivity contribution in [3.05, 3.63) is 318 Å². The van der Waals surface area contributed by atoms with Crippen LogP contribution in [0, 0.1) is 92.8 Å². The topological polar surface area (TPSA) is 287 Å². The molecule has 3 amide bonds. The zero-order valence-corrected chi connectivity index (χ0v) is 74.4. The molecule has 12 atom stereocenters. The number of aryl methyl sites for hydroxylation is 5. The van der Waals surface area contributed by atoms with Crippen molar-refractivity contribution in [2.45, 2.75) is 166 Å².